The normalized spacial score (nSPS) is 13.5. The number of carbonyl (C=O) groups is 1. The summed E-state index contributed by atoms with van der Waals surface area (Å²) >= 11 is 0. The molecule has 1 aromatic heterocycles. The summed E-state index contributed by atoms with van der Waals surface area (Å²) in [5.41, 5.74) is 3.65. The fraction of sp³-hybridized carbons (Fsp3) is 0.292. The van der Waals surface area contributed by atoms with Gasteiger partial charge in [0.2, 0.25) is 0 Å². The van der Waals surface area contributed by atoms with Gasteiger partial charge in [0, 0.05) is 34.6 Å². The number of nitrogens with zero attached hydrogens (tertiary/aromatic N) is 1. The molecule has 0 aliphatic rings. The summed E-state index contributed by atoms with van der Waals surface area (Å²) in [6, 6.07) is 14.4. The Balaban J connectivity index is 0.00000341. The van der Waals surface area contributed by atoms with E-state index in [2.05, 4.69) is 18.4 Å². The van der Waals surface area contributed by atoms with Crippen LogP contribution in [-0.2, 0) is 4.79 Å². The van der Waals surface area contributed by atoms with Crippen LogP contribution >= 0.6 is 0 Å². The Morgan fingerprint density at radius 1 is 1.10 bits per heavy atom. The molecule has 162 valence electrons. The van der Waals surface area contributed by atoms with Gasteiger partial charge in [0.1, 0.15) is 5.82 Å². The van der Waals surface area contributed by atoms with Gasteiger partial charge in [-0.1, -0.05) is 36.4 Å². The molecular formula is C24H28FNO4Sr. The van der Waals surface area contributed by atoms with Gasteiger partial charge in [-0.15, -0.1) is 0 Å². The van der Waals surface area contributed by atoms with Crippen LogP contribution < -0.4 is 0 Å². The molecule has 0 saturated heterocycles. The number of fused-ring (bicyclic) bond motifs is 1. The Hall–Kier alpha value is -1.48. The molecule has 0 aliphatic heterocycles. The Morgan fingerprint density at radius 2 is 1.74 bits per heavy atom. The van der Waals surface area contributed by atoms with Crippen molar-refractivity contribution in [2.24, 2.45) is 0 Å². The molecular weight excluding hydrogens is 473 g/mol. The van der Waals surface area contributed by atoms with Gasteiger partial charge in [-0.2, -0.15) is 0 Å². The average molecular weight is 501 g/mol. The van der Waals surface area contributed by atoms with Crippen LogP contribution in [0.3, 0.4) is 0 Å². The second-order valence-corrected chi connectivity index (χ2v) is 7.66. The molecule has 5 nitrogen and oxygen atoms in total. The molecule has 3 aromatic rings. The van der Waals surface area contributed by atoms with Gasteiger partial charge in [-0.25, -0.2) is 4.39 Å². The summed E-state index contributed by atoms with van der Waals surface area (Å²) in [5.74, 6) is -1.43. The molecule has 1 heterocycles. The number of aliphatic carboxylic acids is 1. The Bertz CT molecular complexity index is 1060. The zero-order chi connectivity index (χ0) is 21.8. The van der Waals surface area contributed by atoms with Gasteiger partial charge in [-0.05, 0) is 43.7 Å². The Labute approximate surface area is 218 Å². The molecule has 0 fully saturated rings. The summed E-state index contributed by atoms with van der Waals surface area (Å²) < 4.78 is 15.6. The standard InChI is InChI=1S/C24H26FNO4.Sr.2H/c1-15(2)26-21-6-4-3-5-20(21)24(16-7-9-17(25)10-8-16)22(26)12-11-18(27)13-19(28)14-23(29)30;;;/h3-12,15,18-19,27-28H,13-14H2,1-2H3,(H,29,30);;;/b12-11+;;;/t18-,19-;;;/m1.../s1. The first kappa shape index (κ1) is 25.8. The molecule has 0 bridgehead atoms. The van der Waals surface area contributed by atoms with Crippen molar-refractivity contribution in [2.75, 3.05) is 0 Å². The number of benzene rings is 2. The van der Waals surface area contributed by atoms with E-state index in [1.165, 1.54) is 12.1 Å². The van der Waals surface area contributed by atoms with Gasteiger partial charge in [0.25, 0.3) is 0 Å². The van der Waals surface area contributed by atoms with Crippen LogP contribution in [0.25, 0.3) is 28.1 Å². The fourth-order valence-electron chi connectivity index (χ4n) is 3.77. The van der Waals surface area contributed by atoms with Crippen LogP contribution in [0.15, 0.2) is 54.6 Å². The number of para-hydroxylation sites is 1. The maximum absolute atomic E-state index is 13.5. The van der Waals surface area contributed by atoms with Crippen LogP contribution in [0, 0.1) is 5.82 Å². The van der Waals surface area contributed by atoms with Crippen molar-refractivity contribution in [3.05, 3.63) is 66.1 Å². The topological polar surface area (TPSA) is 82.7 Å². The van der Waals surface area contributed by atoms with Crippen LogP contribution in [0.2, 0.25) is 0 Å². The van der Waals surface area contributed by atoms with Crippen LogP contribution in [0.5, 0.6) is 0 Å². The van der Waals surface area contributed by atoms with Crippen LogP contribution in [0.1, 0.15) is 38.4 Å². The van der Waals surface area contributed by atoms with E-state index in [4.69, 9.17) is 5.11 Å². The van der Waals surface area contributed by atoms with Gasteiger partial charge >= 0.3 is 51.5 Å². The van der Waals surface area contributed by atoms with Crippen molar-refractivity contribution < 1.29 is 24.5 Å². The van der Waals surface area contributed by atoms with Gasteiger partial charge in [-0.3, -0.25) is 4.79 Å². The zero-order valence-electron chi connectivity index (χ0n) is 17.0. The quantitative estimate of drug-likeness (QED) is 0.412. The maximum atomic E-state index is 13.5. The molecule has 0 aliphatic carbocycles. The minimum atomic E-state index is -1.13. The van der Waals surface area contributed by atoms with Crippen molar-refractivity contribution in [1.29, 1.82) is 0 Å². The zero-order valence-corrected chi connectivity index (χ0v) is 17.0. The third-order valence-electron chi connectivity index (χ3n) is 5.00. The van der Waals surface area contributed by atoms with E-state index < -0.39 is 24.6 Å². The monoisotopic (exact) mass is 501 g/mol. The van der Waals surface area contributed by atoms with E-state index in [0.717, 1.165) is 27.7 Å². The molecule has 3 rings (SSSR count). The third kappa shape index (κ3) is 6.28. The number of rotatable bonds is 8. The summed E-state index contributed by atoms with van der Waals surface area (Å²) in [6.07, 6.45) is 0.727. The molecule has 0 saturated carbocycles. The molecule has 0 radical (unpaired) electrons. The summed E-state index contributed by atoms with van der Waals surface area (Å²) in [6.45, 7) is 4.12. The van der Waals surface area contributed by atoms with Gasteiger partial charge in [0.05, 0.1) is 18.6 Å². The van der Waals surface area contributed by atoms with Crippen molar-refractivity contribution in [2.45, 2.75) is 44.9 Å². The SMILES string of the molecule is CC(C)n1c(/C=C/[C@@H](O)C[C@@H](O)CC(=O)O)c(-c2ccc(F)cc2)c2ccccc21.[SrH2]. The molecule has 7 heteroatoms. The molecule has 0 amide bonds. The van der Waals surface area contributed by atoms with Crippen LogP contribution in [0.4, 0.5) is 4.39 Å². The predicted molar refractivity (Wildman–Crippen MR) is 124 cm³/mol. The number of hydrogen-bond donors (Lipinski definition) is 3. The first-order chi connectivity index (χ1) is 14.3. The molecule has 0 spiro atoms. The van der Waals surface area contributed by atoms with E-state index in [0.29, 0.717) is 0 Å². The van der Waals surface area contributed by atoms with Crippen molar-refractivity contribution in [3.63, 3.8) is 0 Å². The fourth-order valence-corrected chi connectivity index (χ4v) is 3.77. The molecule has 2 aromatic carbocycles. The first-order valence-corrected chi connectivity index (χ1v) is 9.93. The second-order valence-electron chi connectivity index (χ2n) is 7.66. The number of aromatic nitrogens is 1. The predicted octanol–water partition coefficient (Wildman–Crippen LogP) is 3.71. The van der Waals surface area contributed by atoms with Gasteiger partial charge < -0.3 is 19.9 Å². The number of halogens is 1. The second kappa shape index (κ2) is 11.4. The van der Waals surface area contributed by atoms with E-state index in [1.807, 2.05) is 24.3 Å². The summed E-state index contributed by atoms with van der Waals surface area (Å²) in [5, 5.41) is 29.9. The van der Waals surface area contributed by atoms with Crippen LogP contribution in [-0.4, -0.2) is 83.5 Å². The average Bonchev–Trinajstić information content (AvgIpc) is 3.00. The van der Waals surface area contributed by atoms with E-state index in [-0.39, 0.29) is 63.8 Å². The van der Waals surface area contributed by atoms with Gasteiger partial charge in [0.15, 0.2) is 0 Å². The Kier molecular flexibility index (Phi) is 9.48. The number of aliphatic hydroxyl groups excluding tert-OH is 2. The van der Waals surface area contributed by atoms with Crippen molar-refractivity contribution in [3.8, 4) is 11.1 Å². The molecule has 2 atom stereocenters. The van der Waals surface area contributed by atoms with E-state index in [9.17, 15) is 19.4 Å². The Morgan fingerprint density at radius 3 is 2.35 bits per heavy atom. The number of carboxylic acid groups (broad SMARTS) is 1. The number of carboxylic acids is 1. The van der Waals surface area contributed by atoms with E-state index in [1.54, 1.807) is 24.3 Å². The summed E-state index contributed by atoms with van der Waals surface area (Å²) in [7, 11) is 0. The molecule has 3 N–H and O–H groups in total. The molecule has 31 heavy (non-hydrogen) atoms. The minimum absolute atomic E-state index is 0. The van der Waals surface area contributed by atoms with Crippen molar-refractivity contribution >= 4 is 68.4 Å². The van der Waals surface area contributed by atoms with Crippen molar-refractivity contribution in [1.82, 2.24) is 4.57 Å². The van der Waals surface area contributed by atoms with E-state index >= 15 is 0 Å². The molecule has 0 unspecified atom stereocenters. The summed E-state index contributed by atoms with van der Waals surface area (Å²) in [4.78, 5) is 10.7. The third-order valence-corrected chi connectivity index (χ3v) is 5.00. The number of hydrogen-bond acceptors (Lipinski definition) is 3. The number of aliphatic hydroxyl groups is 2. The first-order valence-electron chi connectivity index (χ1n) is 9.93.